The predicted molar refractivity (Wildman–Crippen MR) is 136 cm³/mol. The minimum Gasteiger partial charge on any atom is -0.368 e. The molecule has 6 rings (SSSR count). The summed E-state index contributed by atoms with van der Waals surface area (Å²) in [7, 11) is 2.04. The molecule has 0 spiro atoms. The number of carbonyl (C=O) groups excluding carboxylic acids is 1. The van der Waals surface area contributed by atoms with E-state index in [2.05, 4.69) is 50.2 Å². The monoisotopic (exact) mass is 452 g/mol. The van der Waals surface area contributed by atoms with E-state index in [1.54, 1.807) is 0 Å². The molecule has 4 aromatic rings. The Morgan fingerprint density at radius 1 is 0.882 bits per heavy atom. The van der Waals surface area contributed by atoms with Crippen molar-refractivity contribution in [3.63, 3.8) is 0 Å². The lowest BCUT2D eigenvalue weighted by Gasteiger charge is -2.29. The molecule has 0 saturated carbocycles. The first-order valence-electron chi connectivity index (χ1n) is 11.9. The van der Waals surface area contributed by atoms with Crippen molar-refractivity contribution in [2.24, 2.45) is 7.05 Å². The van der Waals surface area contributed by atoms with Crippen LogP contribution in [0, 0.1) is 0 Å². The SMILES string of the molecule is Cn1cc(-c2cncc(-c3ccc(N4CCCC4=O)cc3)c2)c2cc(N3CCNCC3)cnc21. The van der Waals surface area contributed by atoms with Crippen LogP contribution in [-0.4, -0.2) is 53.2 Å². The lowest BCUT2D eigenvalue weighted by atomic mass is 10.0. The highest BCUT2D eigenvalue weighted by atomic mass is 16.2. The predicted octanol–water partition coefficient (Wildman–Crippen LogP) is 3.84. The van der Waals surface area contributed by atoms with Gasteiger partial charge in [-0.15, -0.1) is 0 Å². The minimum absolute atomic E-state index is 0.209. The number of benzene rings is 1. The van der Waals surface area contributed by atoms with Gasteiger partial charge in [-0.25, -0.2) is 4.98 Å². The number of piperazine rings is 1. The van der Waals surface area contributed by atoms with Crippen molar-refractivity contribution in [1.29, 1.82) is 0 Å². The van der Waals surface area contributed by atoms with Crippen LogP contribution in [0.15, 0.2) is 61.2 Å². The fourth-order valence-corrected chi connectivity index (χ4v) is 5.08. The number of anilines is 2. The summed E-state index contributed by atoms with van der Waals surface area (Å²) in [4.78, 5) is 25.7. The first-order valence-corrected chi connectivity index (χ1v) is 11.9. The van der Waals surface area contributed by atoms with Crippen molar-refractivity contribution in [2.45, 2.75) is 12.8 Å². The summed E-state index contributed by atoms with van der Waals surface area (Å²) in [5.74, 6) is 0.209. The molecule has 172 valence electrons. The molecule has 7 nitrogen and oxygen atoms in total. The van der Waals surface area contributed by atoms with Gasteiger partial charge >= 0.3 is 0 Å². The van der Waals surface area contributed by atoms with E-state index in [0.29, 0.717) is 6.42 Å². The number of pyridine rings is 2. The van der Waals surface area contributed by atoms with Crippen LogP contribution in [0.1, 0.15) is 12.8 Å². The van der Waals surface area contributed by atoms with Crippen molar-refractivity contribution >= 4 is 28.3 Å². The molecule has 34 heavy (non-hydrogen) atoms. The van der Waals surface area contributed by atoms with Gasteiger partial charge in [0.1, 0.15) is 5.65 Å². The molecule has 5 heterocycles. The minimum atomic E-state index is 0.209. The lowest BCUT2D eigenvalue weighted by Crippen LogP contribution is -2.43. The number of hydrogen-bond acceptors (Lipinski definition) is 5. The Kier molecular flexibility index (Phi) is 5.26. The van der Waals surface area contributed by atoms with E-state index in [-0.39, 0.29) is 5.91 Å². The van der Waals surface area contributed by atoms with Crippen LogP contribution in [0.2, 0.25) is 0 Å². The maximum absolute atomic E-state index is 12.1. The van der Waals surface area contributed by atoms with E-state index < -0.39 is 0 Å². The van der Waals surface area contributed by atoms with Gasteiger partial charge in [-0.2, -0.15) is 0 Å². The number of fused-ring (bicyclic) bond motifs is 1. The van der Waals surface area contributed by atoms with Gasteiger partial charge in [-0.3, -0.25) is 9.78 Å². The topological polar surface area (TPSA) is 66.3 Å². The van der Waals surface area contributed by atoms with Crippen LogP contribution in [0.4, 0.5) is 11.4 Å². The van der Waals surface area contributed by atoms with Crippen molar-refractivity contribution in [3.05, 3.63) is 61.2 Å². The van der Waals surface area contributed by atoms with Crippen LogP contribution in [0.5, 0.6) is 0 Å². The molecule has 2 saturated heterocycles. The zero-order valence-electron chi connectivity index (χ0n) is 19.4. The Morgan fingerprint density at radius 2 is 1.68 bits per heavy atom. The quantitative estimate of drug-likeness (QED) is 0.510. The third-order valence-electron chi connectivity index (χ3n) is 6.92. The van der Waals surface area contributed by atoms with Gasteiger partial charge in [-0.1, -0.05) is 12.1 Å². The molecule has 3 aromatic heterocycles. The number of nitrogens with zero attached hydrogens (tertiary/aromatic N) is 5. The second kappa shape index (κ2) is 8.57. The standard InChI is InChI=1S/C27H28N6O/c1-31-18-25(24-14-23(17-30-27(24)31)32-11-8-28-9-12-32)21-13-20(15-29-16-21)19-4-6-22(7-5-19)33-10-2-3-26(33)34/h4-7,13-18,28H,2-3,8-12H2,1H3. The highest BCUT2D eigenvalue weighted by Gasteiger charge is 2.21. The third-order valence-corrected chi connectivity index (χ3v) is 6.92. The molecule has 1 aromatic carbocycles. The zero-order chi connectivity index (χ0) is 23.1. The summed E-state index contributed by atoms with van der Waals surface area (Å²) in [5.41, 5.74) is 7.45. The fourth-order valence-electron chi connectivity index (χ4n) is 5.08. The molecule has 0 aliphatic carbocycles. The first kappa shape index (κ1) is 20.9. The number of aryl methyl sites for hydroxylation is 1. The first-order chi connectivity index (χ1) is 16.7. The van der Waals surface area contributed by atoms with Gasteiger partial charge in [0.2, 0.25) is 5.91 Å². The Balaban J connectivity index is 1.35. The summed E-state index contributed by atoms with van der Waals surface area (Å²) in [5, 5.41) is 4.55. The summed E-state index contributed by atoms with van der Waals surface area (Å²) in [6.45, 7) is 4.78. The molecule has 0 bridgehead atoms. The zero-order valence-corrected chi connectivity index (χ0v) is 19.4. The van der Waals surface area contributed by atoms with Crippen molar-refractivity contribution in [1.82, 2.24) is 19.9 Å². The molecule has 0 radical (unpaired) electrons. The van der Waals surface area contributed by atoms with Crippen LogP contribution in [0.3, 0.4) is 0 Å². The van der Waals surface area contributed by atoms with Crippen LogP contribution < -0.4 is 15.1 Å². The molecule has 7 heteroatoms. The highest BCUT2D eigenvalue weighted by Crippen LogP contribution is 2.34. The molecule has 2 fully saturated rings. The molecule has 0 atom stereocenters. The van der Waals surface area contributed by atoms with E-state index in [1.807, 2.05) is 42.7 Å². The van der Waals surface area contributed by atoms with Gasteiger partial charge in [0.25, 0.3) is 0 Å². The Bertz CT molecular complexity index is 1350. The summed E-state index contributed by atoms with van der Waals surface area (Å²) >= 11 is 0. The number of hydrogen-bond donors (Lipinski definition) is 1. The van der Waals surface area contributed by atoms with E-state index in [4.69, 9.17) is 4.98 Å². The lowest BCUT2D eigenvalue weighted by molar-refractivity contribution is -0.117. The maximum Gasteiger partial charge on any atom is 0.227 e. The van der Waals surface area contributed by atoms with Crippen LogP contribution in [0.25, 0.3) is 33.3 Å². The maximum atomic E-state index is 12.1. The van der Waals surface area contributed by atoms with Gasteiger partial charge < -0.3 is 19.7 Å². The average molecular weight is 453 g/mol. The molecule has 1 N–H and O–H groups in total. The summed E-state index contributed by atoms with van der Waals surface area (Å²) < 4.78 is 2.08. The third kappa shape index (κ3) is 3.72. The van der Waals surface area contributed by atoms with Gasteiger partial charge in [0, 0.05) is 92.5 Å². The van der Waals surface area contributed by atoms with Gasteiger partial charge in [-0.05, 0) is 36.2 Å². The van der Waals surface area contributed by atoms with Gasteiger partial charge in [0.15, 0.2) is 0 Å². The number of carbonyl (C=O) groups is 1. The second-order valence-electron chi connectivity index (χ2n) is 9.11. The number of rotatable bonds is 4. The molecule has 0 unspecified atom stereocenters. The van der Waals surface area contributed by atoms with Crippen LogP contribution >= 0.6 is 0 Å². The number of amides is 1. The van der Waals surface area contributed by atoms with E-state index in [9.17, 15) is 4.79 Å². The number of nitrogens with one attached hydrogen (secondary N) is 1. The van der Waals surface area contributed by atoms with Crippen molar-refractivity contribution < 1.29 is 4.79 Å². The van der Waals surface area contributed by atoms with Crippen molar-refractivity contribution in [2.75, 3.05) is 42.5 Å². The molecule has 2 aliphatic heterocycles. The Hall–Kier alpha value is -3.71. The molecule has 2 aliphatic rings. The largest absolute Gasteiger partial charge is 0.368 e. The molecular weight excluding hydrogens is 424 g/mol. The fraction of sp³-hybridized carbons (Fsp3) is 0.296. The van der Waals surface area contributed by atoms with E-state index in [1.165, 1.54) is 0 Å². The average Bonchev–Trinajstić information content (AvgIpc) is 3.47. The van der Waals surface area contributed by atoms with Crippen molar-refractivity contribution in [3.8, 4) is 22.3 Å². The van der Waals surface area contributed by atoms with Gasteiger partial charge in [0.05, 0.1) is 11.9 Å². The van der Waals surface area contributed by atoms with E-state index >= 15 is 0 Å². The normalized spacial score (nSPS) is 16.6. The molecule has 1 amide bonds. The molecular formula is C27H28N6O. The second-order valence-corrected chi connectivity index (χ2v) is 9.11. The highest BCUT2D eigenvalue weighted by molar-refractivity contribution is 5.97. The Morgan fingerprint density at radius 3 is 2.44 bits per heavy atom. The van der Waals surface area contributed by atoms with Crippen LogP contribution in [-0.2, 0) is 11.8 Å². The number of aromatic nitrogens is 3. The smallest absolute Gasteiger partial charge is 0.227 e. The van der Waals surface area contributed by atoms with E-state index in [0.717, 1.165) is 83.8 Å². The summed E-state index contributed by atoms with van der Waals surface area (Å²) in [6.07, 6.45) is 9.52. The summed E-state index contributed by atoms with van der Waals surface area (Å²) in [6, 6.07) is 12.7. The Labute approximate surface area is 199 Å².